The van der Waals surface area contributed by atoms with Gasteiger partial charge in [0.05, 0.1) is 12.6 Å². The minimum absolute atomic E-state index is 0.151. The summed E-state index contributed by atoms with van der Waals surface area (Å²) in [5.74, 6) is -1.67. The van der Waals surface area contributed by atoms with E-state index < -0.39 is 24.6 Å². The highest BCUT2D eigenvalue weighted by atomic mass is 19.1. The summed E-state index contributed by atoms with van der Waals surface area (Å²) in [7, 11) is 0. The van der Waals surface area contributed by atoms with E-state index in [1.807, 2.05) is 0 Å². The monoisotopic (exact) mass is 177 g/mol. The van der Waals surface area contributed by atoms with Crippen molar-refractivity contribution in [2.45, 2.75) is 26.3 Å². The van der Waals surface area contributed by atoms with Gasteiger partial charge < -0.3 is 10.8 Å². The third-order valence-electron chi connectivity index (χ3n) is 1.97. The average Bonchev–Trinajstić information content (AvgIpc) is 2.02. The number of rotatable bonds is 5. The number of hydrogen-bond acceptors (Lipinski definition) is 2. The van der Waals surface area contributed by atoms with Crippen LogP contribution in [0.2, 0.25) is 0 Å². The van der Waals surface area contributed by atoms with Gasteiger partial charge in [0, 0.05) is 6.04 Å². The zero-order chi connectivity index (χ0) is 9.72. The van der Waals surface area contributed by atoms with Crippen molar-refractivity contribution in [3.8, 4) is 0 Å². The summed E-state index contributed by atoms with van der Waals surface area (Å²) < 4.78 is 12.0. The van der Waals surface area contributed by atoms with Crippen molar-refractivity contribution in [2.24, 2.45) is 17.6 Å². The first kappa shape index (κ1) is 11.4. The van der Waals surface area contributed by atoms with Crippen LogP contribution in [0.25, 0.3) is 0 Å². The lowest BCUT2D eigenvalue weighted by Gasteiger charge is -2.18. The smallest absolute Gasteiger partial charge is 0.307 e. The Hall–Kier alpha value is -0.640. The van der Waals surface area contributed by atoms with Crippen molar-refractivity contribution in [1.29, 1.82) is 0 Å². The zero-order valence-electron chi connectivity index (χ0n) is 7.46. The second-order valence-electron chi connectivity index (χ2n) is 3.29. The third kappa shape index (κ3) is 3.67. The maximum absolute atomic E-state index is 12.0. The number of hydrogen-bond donors (Lipinski definition) is 2. The summed E-state index contributed by atoms with van der Waals surface area (Å²) in [5, 5.41) is 8.56. The van der Waals surface area contributed by atoms with Gasteiger partial charge in [-0.2, -0.15) is 0 Å². The van der Waals surface area contributed by atoms with Crippen molar-refractivity contribution >= 4 is 5.97 Å². The van der Waals surface area contributed by atoms with Crippen molar-refractivity contribution in [3.05, 3.63) is 0 Å². The largest absolute Gasteiger partial charge is 0.481 e. The Kier molecular flexibility index (Phi) is 4.81. The number of nitrogens with two attached hydrogens (primary N) is 1. The molecule has 0 saturated carbocycles. The molecular formula is C8H16FNO2. The molecule has 0 saturated heterocycles. The summed E-state index contributed by atoms with van der Waals surface area (Å²) >= 11 is 0. The number of aliphatic carboxylic acids is 1. The standard InChI is InChI=1S/C8H16FNO2/c1-5(4-9)3-7(10)6(2)8(11)12/h5-7H,3-4,10H2,1-2H3,(H,11,12)/t5?,6?,7-/m0/s1. The topological polar surface area (TPSA) is 63.3 Å². The van der Waals surface area contributed by atoms with Gasteiger partial charge in [-0.15, -0.1) is 0 Å². The van der Waals surface area contributed by atoms with Gasteiger partial charge in [0.1, 0.15) is 0 Å². The normalized spacial score (nSPS) is 18.3. The Labute approximate surface area is 71.8 Å². The third-order valence-corrected chi connectivity index (χ3v) is 1.97. The molecule has 4 heteroatoms. The lowest BCUT2D eigenvalue weighted by atomic mass is 9.94. The van der Waals surface area contributed by atoms with Gasteiger partial charge in [0.2, 0.25) is 0 Å². The molecule has 0 aliphatic heterocycles. The molecule has 0 bridgehead atoms. The summed E-state index contributed by atoms with van der Waals surface area (Å²) in [5.41, 5.74) is 5.55. The van der Waals surface area contributed by atoms with Crippen LogP contribution in [0.3, 0.4) is 0 Å². The Bertz CT molecular complexity index is 152. The average molecular weight is 177 g/mol. The molecule has 0 aromatic heterocycles. The van der Waals surface area contributed by atoms with E-state index in [0.717, 1.165) is 0 Å². The minimum Gasteiger partial charge on any atom is -0.481 e. The highest BCUT2D eigenvalue weighted by Gasteiger charge is 2.21. The predicted molar refractivity (Wildman–Crippen MR) is 44.5 cm³/mol. The van der Waals surface area contributed by atoms with Gasteiger partial charge in [-0.05, 0) is 12.3 Å². The second kappa shape index (κ2) is 5.09. The number of carbonyl (C=O) groups is 1. The van der Waals surface area contributed by atoms with E-state index in [4.69, 9.17) is 10.8 Å². The lowest BCUT2D eigenvalue weighted by molar-refractivity contribution is -0.141. The molecule has 72 valence electrons. The second-order valence-corrected chi connectivity index (χ2v) is 3.29. The number of halogens is 1. The van der Waals surface area contributed by atoms with E-state index in [9.17, 15) is 9.18 Å². The summed E-state index contributed by atoms with van der Waals surface area (Å²) in [4.78, 5) is 10.4. The van der Waals surface area contributed by atoms with Crippen molar-refractivity contribution < 1.29 is 14.3 Å². The molecule has 0 radical (unpaired) electrons. The zero-order valence-corrected chi connectivity index (χ0v) is 7.46. The first-order valence-corrected chi connectivity index (χ1v) is 4.03. The van der Waals surface area contributed by atoms with E-state index in [1.54, 1.807) is 6.92 Å². The molecule has 0 heterocycles. The van der Waals surface area contributed by atoms with Gasteiger partial charge in [0.25, 0.3) is 0 Å². The molecule has 0 aromatic carbocycles. The first-order valence-electron chi connectivity index (χ1n) is 4.03. The number of carboxylic acids is 1. The Morgan fingerprint density at radius 1 is 1.58 bits per heavy atom. The van der Waals surface area contributed by atoms with Crippen LogP contribution in [-0.4, -0.2) is 23.8 Å². The van der Waals surface area contributed by atoms with Gasteiger partial charge >= 0.3 is 5.97 Å². The summed E-state index contributed by atoms with van der Waals surface area (Å²) in [6.07, 6.45) is 0.421. The van der Waals surface area contributed by atoms with Crippen LogP contribution in [0.15, 0.2) is 0 Å². The molecule has 0 aliphatic carbocycles. The minimum atomic E-state index is -0.923. The molecule has 2 unspecified atom stereocenters. The number of alkyl halides is 1. The summed E-state index contributed by atoms with van der Waals surface area (Å²) in [6.45, 7) is 2.81. The quantitative estimate of drug-likeness (QED) is 0.659. The SMILES string of the molecule is CC(CF)C[C@H](N)C(C)C(=O)O. The van der Waals surface area contributed by atoms with Gasteiger partial charge in [0.15, 0.2) is 0 Å². The van der Waals surface area contributed by atoms with Gasteiger partial charge in [-0.1, -0.05) is 13.8 Å². The number of carboxylic acid groups (broad SMARTS) is 1. The van der Waals surface area contributed by atoms with Crippen LogP contribution in [0.1, 0.15) is 20.3 Å². The molecule has 3 nitrogen and oxygen atoms in total. The molecule has 0 aromatic rings. The molecule has 0 spiro atoms. The molecule has 0 amide bonds. The Morgan fingerprint density at radius 3 is 2.42 bits per heavy atom. The fourth-order valence-corrected chi connectivity index (χ4v) is 0.915. The van der Waals surface area contributed by atoms with Crippen LogP contribution in [0, 0.1) is 11.8 Å². The van der Waals surface area contributed by atoms with E-state index in [2.05, 4.69) is 0 Å². The van der Waals surface area contributed by atoms with Crippen molar-refractivity contribution in [3.63, 3.8) is 0 Å². The molecule has 3 atom stereocenters. The molecule has 3 N–H and O–H groups in total. The molecule has 12 heavy (non-hydrogen) atoms. The molecule has 0 fully saturated rings. The van der Waals surface area contributed by atoms with Crippen LogP contribution in [0.4, 0.5) is 4.39 Å². The summed E-state index contributed by atoms with van der Waals surface area (Å²) in [6, 6.07) is -0.451. The van der Waals surface area contributed by atoms with Crippen molar-refractivity contribution in [1.82, 2.24) is 0 Å². The van der Waals surface area contributed by atoms with Crippen molar-refractivity contribution in [2.75, 3.05) is 6.67 Å². The highest BCUT2D eigenvalue weighted by molar-refractivity contribution is 5.70. The maximum atomic E-state index is 12.0. The first-order chi connectivity index (χ1) is 5.49. The Balaban J connectivity index is 3.86. The van der Waals surface area contributed by atoms with Crippen LogP contribution >= 0.6 is 0 Å². The Morgan fingerprint density at radius 2 is 2.08 bits per heavy atom. The predicted octanol–water partition coefficient (Wildman–Crippen LogP) is 1.03. The van der Waals surface area contributed by atoms with E-state index >= 15 is 0 Å². The van der Waals surface area contributed by atoms with Crippen LogP contribution < -0.4 is 5.73 Å². The van der Waals surface area contributed by atoms with E-state index in [-0.39, 0.29) is 5.92 Å². The van der Waals surface area contributed by atoms with Crippen LogP contribution in [-0.2, 0) is 4.79 Å². The highest BCUT2D eigenvalue weighted by Crippen LogP contribution is 2.11. The lowest BCUT2D eigenvalue weighted by Crippen LogP contribution is -2.35. The molecule has 0 rings (SSSR count). The molecule has 0 aliphatic rings. The van der Waals surface area contributed by atoms with Gasteiger partial charge in [-0.3, -0.25) is 9.18 Å². The van der Waals surface area contributed by atoms with E-state index in [0.29, 0.717) is 6.42 Å². The maximum Gasteiger partial charge on any atom is 0.307 e. The fourth-order valence-electron chi connectivity index (χ4n) is 0.915. The fraction of sp³-hybridized carbons (Fsp3) is 0.875. The van der Waals surface area contributed by atoms with Gasteiger partial charge in [-0.25, -0.2) is 0 Å². The van der Waals surface area contributed by atoms with Crippen LogP contribution in [0.5, 0.6) is 0 Å². The van der Waals surface area contributed by atoms with E-state index in [1.165, 1.54) is 6.92 Å². The molecular weight excluding hydrogens is 161 g/mol.